The molecule has 0 amide bonds. The van der Waals surface area contributed by atoms with Gasteiger partial charge in [-0.05, 0) is 100.0 Å². The Hall–Kier alpha value is -0.0400. The van der Waals surface area contributed by atoms with Gasteiger partial charge in [0.15, 0.2) is 0 Å². The highest BCUT2D eigenvalue weighted by atomic mass is 15.1. The van der Waals surface area contributed by atoms with Gasteiger partial charge in [0.1, 0.15) is 0 Å². The van der Waals surface area contributed by atoms with Gasteiger partial charge in [0.05, 0.1) is 0 Å². The lowest BCUT2D eigenvalue weighted by molar-refractivity contribution is -0.268. The average Bonchev–Trinajstić information content (AvgIpc) is 2.22. The van der Waals surface area contributed by atoms with Crippen LogP contribution in [0, 0.1) is 34.0 Å². The second kappa shape index (κ2) is 5.23. The Morgan fingerprint density at radius 1 is 1.05 bits per heavy atom. The molecule has 0 N–H and O–H groups in total. The van der Waals surface area contributed by atoms with E-state index in [4.69, 9.17) is 0 Å². The molecule has 2 atom stereocenters. The first-order valence-electron chi connectivity index (χ1n) is 9.72. The van der Waals surface area contributed by atoms with E-state index >= 15 is 0 Å². The van der Waals surface area contributed by atoms with E-state index in [1.165, 1.54) is 25.7 Å². The van der Waals surface area contributed by atoms with Crippen molar-refractivity contribution in [2.75, 3.05) is 14.1 Å². The standard InChI is InChI=1S/C21H39N/c1-15(18-9-17(10-18)8-16(2)22(6)7)11-20-12-21(13-20,14-20)19(3,4)5/h15-18H,8-14H2,1-7H3. The summed E-state index contributed by atoms with van der Waals surface area (Å²) >= 11 is 0. The van der Waals surface area contributed by atoms with Crippen molar-refractivity contribution in [1.29, 1.82) is 0 Å². The van der Waals surface area contributed by atoms with E-state index in [9.17, 15) is 0 Å². The molecule has 0 aromatic carbocycles. The van der Waals surface area contributed by atoms with Crippen LogP contribution in [0.5, 0.6) is 0 Å². The third kappa shape index (κ3) is 2.66. The molecule has 1 nitrogen and oxygen atoms in total. The van der Waals surface area contributed by atoms with Crippen molar-refractivity contribution in [2.45, 2.75) is 85.6 Å². The van der Waals surface area contributed by atoms with Crippen LogP contribution in [0.4, 0.5) is 0 Å². The van der Waals surface area contributed by atoms with Gasteiger partial charge in [0, 0.05) is 6.04 Å². The second-order valence-corrected chi connectivity index (χ2v) is 10.9. The van der Waals surface area contributed by atoms with Crippen LogP contribution in [-0.2, 0) is 0 Å². The second-order valence-electron chi connectivity index (χ2n) is 10.9. The molecular formula is C21H39N. The summed E-state index contributed by atoms with van der Waals surface area (Å²) in [6, 6.07) is 0.755. The topological polar surface area (TPSA) is 3.24 Å². The first kappa shape index (κ1) is 16.8. The SMILES string of the molecule is CC(CC12CC(C(C)(C)C)(C1)C2)C1CC(CC(C)N(C)C)C1. The molecule has 4 saturated carbocycles. The lowest BCUT2D eigenvalue weighted by atomic mass is 9.28. The summed E-state index contributed by atoms with van der Waals surface area (Å²) in [5, 5.41) is 0. The Labute approximate surface area is 139 Å². The highest BCUT2D eigenvalue weighted by Gasteiger charge is 2.71. The van der Waals surface area contributed by atoms with Crippen LogP contribution in [0.1, 0.15) is 79.6 Å². The molecule has 128 valence electrons. The highest BCUT2D eigenvalue weighted by molar-refractivity contribution is 5.20. The van der Waals surface area contributed by atoms with Crippen molar-refractivity contribution in [2.24, 2.45) is 34.0 Å². The van der Waals surface area contributed by atoms with Crippen LogP contribution in [0.25, 0.3) is 0 Å². The first-order chi connectivity index (χ1) is 10.1. The Kier molecular flexibility index (Phi) is 3.99. The fraction of sp³-hybridized carbons (Fsp3) is 1.00. The van der Waals surface area contributed by atoms with Crippen molar-refractivity contribution in [3.8, 4) is 0 Å². The monoisotopic (exact) mass is 305 g/mol. The zero-order valence-corrected chi connectivity index (χ0v) is 16.2. The van der Waals surface area contributed by atoms with Gasteiger partial charge in [-0.25, -0.2) is 0 Å². The Balaban J connectivity index is 1.39. The zero-order valence-electron chi connectivity index (χ0n) is 16.2. The van der Waals surface area contributed by atoms with Gasteiger partial charge in [-0.2, -0.15) is 0 Å². The number of hydrogen-bond donors (Lipinski definition) is 0. The molecule has 4 rings (SSSR count). The molecule has 0 heterocycles. The van der Waals surface area contributed by atoms with Crippen LogP contribution in [0.3, 0.4) is 0 Å². The summed E-state index contributed by atoms with van der Waals surface area (Å²) in [5.41, 5.74) is 2.06. The number of nitrogens with zero attached hydrogens (tertiary/aromatic N) is 1. The molecule has 2 bridgehead atoms. The van der Waals surface area contributed by atoms with Crippen molar-refractivity contribution in [1.82, 2.24) is 4.90 Å². The maximum absolute atomic E-state index is 2.56. The van der Waals surface area contributed by atoms with Crippen molar-refractivity contribution in [3.05, 3.63) is 0 Å². The van der Waals surface area contributed by atoms with Gasteiger partial charge in [-0.3, -0.25) is 0 Å². The summed E-state index contributed by atoms with van der Waals surface area (Å²) < 4.78 is 0. The van der Waals surface area contributed by atoms with Crippen molar-refractivity contribution >= 4 is 0 Å². The Morgan fingerprint density at radius 2 is 1.59 bits per heavy atom. The third-order valence-electron chi connectivity index (χ3n) is 8.12. The lowest BCUT2D eigenvalue weighted by Gasteiger charge is -2.77. The van der Waals surface area contributed by atoms with E-state index in [2.05, 4.69) is 53.6 Å². The van der Waals surface area contributed by atoms with Crippen LogP contribution in [0.15, 0.2) is 0 Å². The van der Waals surface area contributed by atoms with Crippen LogP contribution in [-0.4, -0.2) is 25.0 Å². The quantitative estimate of drug-likeness (QED) is 0.618. The van der Waals surface area contributed by atoms with Crippen LogP contribution in [0.2, 0.25) is 0 Å². The van der Waals surface area contributed by atoms with Gasteiger partial charge in [0.2, 0.25) is 0 Å². The van der Waals surface area contributed by atoms with E-state index in [-0.39, 0.29) is 0 Å². The van der Waals surface area contributed by atoms with Gasteiger partial charge in [-0.15, -0.1) is 0 Å². The van der Waals surface area contributed by atoms with Crippen molar-refractivity contribution < 1.29 is 0 Å². The zero-order chi connectivity index (χ0) is 16.3. The molecule has 22 heavy (non-hydrogen) atoms. The molecule has 0 saturated heterocycles. The number of hydrogen-bond acceptors (Lipinski definition) is 1. The molecule has 2 unspecified atom stereocenters. The van der Waals surface area contributed by atoms with E-state index in [1.54, 1.807) is 19.3 Å². The maximum atomic E-state index is 2.56. The summed E-state index contributed by atoms with van der Waals surface area (Å²) in [6.07, 6.45) is 10.6. The summed E-state index contributed by atoms with van der Waals surface area (Å²) in [7, 11) is 4.44. The largest absolute Gasteiger partial charge is 0.307 e. The smallest absolute Gasteiger partial charge is 0.00634 e. The van der Waals surface area contributed by atoms with E-state index in [0.29, 0.717) is 5.41 Å². The molecular weight excluding hydrogens is 266 g/mol. The average molecular weight is 306 g/mol. The fourth-order valence-corrected chi connectivity index (χ4v) is 6.00. The first-order valence-corrected chi connectivity index (χ1v) is 9.72. The third-order valence-corrected chi connectivity index (χ3v) is 8.12. The molecule has 1 heteroatoms. The molecule has 4 aliphatic rings. The van der Waals surface area contributed by atoms with E-state index in [0.717, 1.165) is 34.6 Å². The van der Waals surface area contributed by atoms with Crippen molar-refractivity contribution in [3.63, 3.8) is 0 Å². The van der Waals surface area contributed by atoms with Crippen LogP contribution >= 0.6 is 0 Å². The van der Waals surface area contributed by atoms with Gasteiger partial charge >= 0.3 is 0 Å². The summed E-state index contributed by atoms with van der Waals surface area (Å²) in [5.74, 6) is 3.03. The van der Waals surface area contributed by atoms with Gasteiger partial charge < -0.3 is 4.90 Å². The molecule has 4 fully saturated rings. The Bertz CT molecular complexity index is 390. The van der Waals surface area contributed by atoms with Crippen LogP contribution < -0.4 is 0 Å². The van der Waals surface area contributed by atoms with Gasteiger partial charge in [-0.1, -0.05) is 27.7 Å². The number of rotatable bonds is 6. The Morgan fingerprint density at radius 3 is 2.05 bits per heavy atom. The predicted octanol–water partition coefficient (Wildman–Crippen LogP) is 5.60. The molecule has 0 radical (unpaired) electrons. The van der Waals surface area contributed by atoms with Gasteiger partial charge in [0.25, 0.3) is 0 Å². The molecule has 4 aliphatic carbocycles. The molecule has 0 aliphatic heterocycles. The normalized spacial score (nSPS) is 43.1. The molecule has 0 aromatic rings. The molecule has 0 spiro atoms. The highest BCUT2D eigenvalue weighted by Crippen LogP contribution is 2.81. The predicted molar refractivity (Wildman–Crippen MR) is 95.9 cm³/mol. The summed E-state index contributed by atoms with van der Waals surface area (Å²) in [4.78, 5) is 2.38. The fourth-order valence-electron chi connectivity index (χ4n) is 6.00. The van der Waals surface area contributed by atoms with E-state index < -0.39 is 0 Å². The minimum atomic E-state index is 0.544. The maximum Gasteiger partial charge on any atom is 0.00634 e. The van der Waals surface area contributed by atoms with E-state index in [1.807, 2.05) is 0 Å². The summed E-state index contributed by atoms with van der Waals surface area (Å²) in [6.45, 7) is 12.3. The minimum Gasteiger partial charge on any atom is -0.307 e. The minimum absolute atomic E-state index is 0.544. The lowest BCUT2D eigenvalue weighted by Crippen LogP contribution is -2.67. The molecule has 0 aromatic heterocycles.